The van der Waals surface area contributed by atoms with E-state index in [0.29, 0.717) is 5.69 Å². The van der Waals surface area contributed by atoms with Gasteiger partial charge in [-0.25, -0.2) is 4.98 Å². The third kappa shape index (κ3) is 1.92. The molecule has 84 valence electrons. The Bertz CT molecular complexity index is 492. The van der Waals surface area contributed by atoms with Crippen molar-refractivity contribution in [3.63, 3.8) is 0 Å². The van der Waals surface area contributed by atoms with Crippen LogP contribution in [0.5, 0.6) is 5.75 Å². The Morgan fingerprint density at radius 3 is 2.88 bits per heavy atom. The average Bonchev–Trinajstić information content (AvgIpc) is 2.78. The highest BCUT2D eigenvalue weighted by atomic mass is 16.5. The number of aryl methyl sites for hydroxylation is 1. The second-order valence-electron chi connectivity index (χ2n) is 3.58. The second kappa shape index (κ2) is 4.37. The smallest absolute Gasteiger partial charge is 0.123 e. The molecule has 4 heteroatoms. The largest absolute Gasteiger partial charge is 0.496 e. The van der Waals surface area contributed by atoms with Gasteiger partial charge in [-0.1, -0.05) is 6.07 Å². The number of hydrogen-bond acceptors (Lipinski definition) is 3. The van der Waals surface area contributed by atoms with Crippen molar-refractivity contribution in [2.24, 2.45) is 0 Å². The maximum absolute atomic E-state index is 8.94. The van der Waals surface area contributed by atoms with Gasteiger partial charge in [-0.05, 0) is 18.6 Å². The Kier molecular flexibility index (Phi) is 2.92. The molecule has 0 unspecified atom stereocenters. The first-order valence-electron chi connectivity index (χ1n) is 5.03. The highest BCUT2D eigenvalue weighted by Gasteiger charge is 2.03. The Morgan fingerprint density at radius 1 is 1.44 bits per heavy atom. The molecule has 4 nitrogen and oxygen atoms in total. The number of aromatic nitrogens is 2. The number of hydrogen-bond donors (Lipinski definition) is 1. The zero-order valence-electron chi connectivity index (χ0n) is 9.34. The molecular formula is C12H14N2O2. The van der Waals surface area contributed by atoms with Crippen molar-refractivity contribution in [3.8, 4) is 11.4 Å². The van der Waals surface area contributed by atoms with E-state index < -0.39 is 0 Å². The minimum atomic E-state index is -0.0456. The molecule has 0 fully saturated rings. The van der Waals surface area contributed by atoms with Crippen molar-refractivity contribution >= 4 is 0 Å². The highest BCUT2D eigenvalue weighted by Crippen LogP contribution is 2.21. The van der Waals surface area contributed by atoms with Crippen LogP contribution in [0.25, 0.3) is 5.69 Å². The summed E-state index contributed by atoms with van der Waals surface area (Å²) in [6, 6.07) is 5.92. The van der Waals surface area contributed by atoms with E-state index in [1.54, 1.807) is 19.6 Å². The van der Waals surface area contributed by atoms with Gasteiger partial charge in [0, 0.05) is 12.3 Å². The van der Waals surface area contributed by atoms with Crippen LogP contribution < -0.4 is 4.74 Å². The molecule has 2 rings (SSSR count). The first-order chi connectivity index (χ1) is 7.74. The Labute approximate surface area is 94.1 Å². The van der Waals surface area contributed by atoms with Crippen LogP contribution in [-0.4, -0.2) is 21.8 Å². The molecule has 0 saturated carbocycles. The summed E-state index contributed by atoms with van der Waals surface area (Å²) in [5.74, 6) is 0.844. The minimum Gasteiger partial charge on any atom is -0.496 e. The molecule has 0 aliphatic carbocycles. The van der Waals surface area contributed by atoms with Crippen LogP contribution in [0.4, 0.5) is 0 Å². The van der Waals surface area contributed by atoms with E-state index in [2.05, 4.69) is 4.98 Å². The molecule has 16 heavy (non-hydrogen) atoms. The average molecular weight is 218 g/mol. The third-order valence-corrected chi connectivity index (χ3v) is 2.49. The summed E-state index contributed by atoms with van der Waals surface area (Å²) in [6.07, 6.45) is 3.47. The molecule has 1 heterocycles. The lowest BCUT2D eigenvalue weighted by Crippen LogP contribution is -1.93. The van der Waals surface area contributed by atoms with E-state index >= 15 is 0 Å². The number of aliphatic hydroxyl groups excluding tert-OH is 1. The molecule has 1 aromatic carbocycles. The fourth-order valence-electron chi connectivity index (χ4n) is 1.56. The number of benzene rings is 1. The molecule has 0 aliphatic rings. The second-order valence-corrected chi connectivity index (χ2v) is 3.58. The molecule has 2 aromatic rings. The summed E-state index contributed by atoms with van der Waals surface area (Å²) in [5.41, 5.74) is 2.71. The predicted molar refractivity (Wildman–Crippen MR) is 60.8 cm³/mol. The normalized spacial score (nSPS) is 10.4. The van der Waals surface area contributed by atoms with Crippen molar-refractivity contribution in [1.82, 2.24) is 9.55 Å². The zero-order valence-corrected chi connectivity index (χ0v) is 9.34. The van der Waals surface area contributed by atoms with E-state index in [-0.39, 0.29) is 6.61 Å². The summed E-state index contributed by atoms with van der Waals surface area (Å²) >= 11 is 0. The summed E-state index contributed by atoms with van der Waals surface area (Å²) in [5, 5.41) is 8.94. The topological polar surface area (TPSA) is 47.3 Å². The molecule has 0 spiro atoms. The van der Waals surface area contributed by atoms with E-state index in [4.69, 9.17) is 9.84 Å². The molecule has 1 aromatic heterocycles. The first kappa shape index (κ1) is 10.7. The minimum absolute atomic E-state index is 0.0456. The van der Waals surface area contributed by atoms with Gasteiger partial charge in [-0.3, -0.25) is 0 Å². The van der Waals surface area contributed by atoms with Crippen molar-refractivity contribution in [2.45, 2.75) is 13.5 Å². The zero-order chi connectivity index (χ0) is 11.5. The van der Waals surface area contributed by atoms with Crippen LogP contribution in [0.1, 0.15) is 11.3 Å². The van der Waals surface area contributed by atoms with Crippen molar-refractivity contribution in [3.05, 3.63) is 42.0 Å². The Morgan fingerprint density at radius 2 is 2.25 bits per heavy atom. The van der Waals surface area contributed by atoms with Crippen LogP contribution in [0.3, 0.4) is 0 Å². The van der Waals surface area contributed by atoms with E-state index in [9.17, 15) is 0 Å². The van der Waals surface area contributed by atoms with Gasteiger partial charge in [-0.15, -0.1) is 0 Å². The molecular weight excluding hydrogens is 204 g/mol. The molecule has 0 amide bonds. The lowest BCUT2D eigenvalue weighted by Gasteiger charge is -2.07. The van der Waals surface area contributed by atoms with Gasteiger partial charge in [0.2, 0.25) is 0 Å². The van der Waals surface area contributed by atoms with Crippen molar-refractivity contribution in [2.75, 3.05) is 7.11 Å². The van der Waals surface area contributed by atoms with Gasteiger partial charge in [0.15, 0.2) is 0 Å². The number of aliphatic hydroxyl groups is 1. The maximum atomic E-state index is 8.94. The first-order valence-corrected chi connectivity index (χ1v) is 5.03. The Balaban J connectivity index is 2.40. The third-order valence-electron chi connectivity index (χ3n) is 2.49. The van der Waals surface area contributed by atoms with Gasteiger partial charge < -0.3 is 14.4 Å². The van der Waals surface area contributed by atoms with Gasteiger partial charge in [-0.2, -0.15) is 0 Å². The van der Waals surface area contributed by atoms with E-state index in [1.807, 2.05) is 29.7 Å². The number of imidazole rings is 1. The summed E-state index contributed by atoms with van der Waals surface area (Å²) in [7, 11) is 1.65. The van der Waals surface area contributed by atoms with Gasteiger partial charge in [0.05, 0.1) is 31.4 Å². The highest BCUT2D eigenvalue weighted by molar-refractivity contribution is 5.44. The Hall–Kier alpha value is -1.81. The molecule has 0 bridgehead atoms. The van der Waals surface area contributed by atoms with Crippen LogP contribution in [0.15, 0.2) is 30.7 Å². The van der Waals surface area contributed by atoms with Gasteiger partial charge in [0.1, 0.15) is 5.75 Å². The molecule has 0 radical (unpaired) electrons. The van der Waals surface area contributed by atoms with Crippen molar-refractivity contribution < 1.29 is 9.84 Å². The van der Waals surface area contributed by atoms with Crippen LogP contribution in [0, 0.1) is 6.92 Å². The number of nitrogens with zero attached hydrogens (tertiary/aromatic N) is 2. The van der Waals surface area contributed by atoms with E-state index in [0.717, 1.165) is 17.0 Å². The number of ether oxygens (including phenoxy) is 1. The quantitative estimate of drug-likeness (QED) is 0.852. The fraction of sp³-hybridized carbons (Fsp3) is 0.250. The molecule has 0 aliphatic heterocycles. The SMILES string of the molecule is COc1cc(-n2cnc(CO)c2)ccc1C. The molecule has 1 N–H and O–H groups in total. The van der Waals surface area contributed by atoms with Gasteiger partial charge in [0.25, 0.3) is 0 Å². The molecule has 0 saturated heterocycles. The summed E-state index contributed by atoms with van der Waals surface area (Å²) in [6.45, 7) is 1.95. The van der Waals surface area contributed by atoms with Crippen LogP contribution >= 0.6 is 0 Å². The predicted octanol–water partition coefficient (Wildman–Crippen LogP) is 1.68. The number of rotatable bonds is 3. The lowest BCUT2D eigenvalue weighted by atomic mass is 10.2. The van der Waals surface area contributed by atoms with Crippen LogP contribution in [0.2, 0.25) is 0 Å². The van der Waals surface area contributed by atoms with Crippen molar-refractivity contribution in [1.29, 1.82) is 0 Å². The number of methoxy groups -OCH3 is 1. The summed E-state index contributed by atoms with van der Waals surface area (Å²) < 4.78 is 7.11. The maximum Gasteiger partial charge on any atom is 0.123 e. The fourth-order valence-corrected chi connectivity index (χ4v) is 1.56. The lowest BCUT2D eigenvalue weighted by molar-refractivity contribution is 0.277. The standard InChI is InChI=1S/C12H14N2O2/c1-9-3-4-11(5-12(9)16-2)14-6-10(7-15)13-8-14/h3-6,8,15H,7H2,1-2H3. The van der Waals surface area contributed by atoms with Gasteiger partial charge >= 0.3 is 0 Å². The molecule has 0 atom stereocenters. The van der Waals surface area contributed by atoms with E-state index in [1.165, 1.54) is 0 Å². The van der Waals surface area contributed by atoms with Crippen LogP contribution in [-0.2, 0) is 6.61 Å². The summed E-state index contributed by atoms with van der Waals surface area (Å²) in [4.78, 5) is 4.06. The monoisotopic (exact) mass is 218 g/mol.